The molecule has 7 heteroatoms. The van der Waals surface area contributed by atoms with Crippen molar-refractivity contribution < 1.29 is 18.3 Å². The first-order chi connectivity index (χ1) is 8.95. The Balaban J connectivity index is 2.43. The van der Waals surface area contributed by atoms with E-state index in [4.69, 9.17) is 5.26 Å². The maximum absolute atomic E-state index is 12.0. The Morgan fingerprint density at radius 3 is 2.63 bits per heavy atom. The van der Waals surface area contributed by atoms with Crippen molar-refractivity contribution in [2.45, 2.75) is 19.0 Å². The van der Waals surface area contributed by atoms with Gasteiger partial charge in [-0.3, -0.25) is 4.79 Å². The van der Waals surface area contributed by atoms with Crippen molar-refractivity contribution in [2.24, 2.45) is 0 Å². The van der Waals surface area contributed by atoms with Gasteiger partial charge >= 0.3 is 5.97 Å². The minimum Gasteiger partial charge on any atom is -0.480 e. The highest BCUT2D eigenvalue weighted by atomic mass is 32.2. The van der Waals surface area contributed by atoms with Crippen molar-refractivity contribution in [3.8, 4) is 6.07 Å². The summed E-state index contributed by atoms with van der Waals surface area (Å²) in [5, 5.41) is 17.7. The lowest BCUT2D eigenvalue weighted by Gasteiger charge is -2.32. The van der Waals surface area contributed by atoms with Gasteiger partial charge in [0.1, 0.15) is 6.04 Å². The van der Waals surface area contributed by atoms with Crippen LogP contribution in [0.1, 0.15) is 11.1 Å². The zero-order valence-corrected chi connectivity index (χ0v) is 10.8. The number of nitrogens with zero attached hydrogens (tertiary/aromatic N) is 2. The van der Waals surface area contributed by atoms with Gasteiger partial charge in [-0.05, 0) is 11.1 Å². The van der Waals surface area contributed by atoms with Crippen LogP contribution in [0.2, 0.25) is 0 Å². The zero-order valence-electron chi connectivity index (χ0n) is 9.98. The molecule has 0 saturated carbocycles. The van der Waals surface area contributed by atoms with E-state index in [-0.39, 0.29) is 13.0 Å². The molecule has 0 amide bonds. The minimum atomic E-state index is -3.88. The van der Waals surface area contributed by atoms with Gasteiger partial charge in [-0.15, -0.1) is 0 Å². The molecule has 0 spiro atoms. The van der Waals surface area contributed by atoms with E-state index in [1.165, 1.54) is 0 Å². The SMILES string of the molecule is N#CCS(=O)(=O)N1Cc2ccccc2C[C@H]1C(=O)O. The molecule has 1 heterocycles. The number of nitriles is 1. The Kier molecular flexibility index (Phi) is 3.55. The lowest BCUT2D eigenvalue weighted by atomic mass is 9.96. The molecule has 2 rings (SSSR count). The second-order valence-electron chi connectivity index (χ2n) is 4.29. The van der Waals surface area contributed by atoms with Crippen LogP contribution in [0.4, 0.5) is 0 Å². The second kappa shape index (κ2) is 4.99. The third-order valence-corrected chi connectivity index (χ3v) is 4.69. The number of aliphatic carboxylic acids is 1. The van der Waals surface area contributed by atoms with Crippen molar-refractivity contribution in [2.75, 3.05) is 5.75 Å². The summed E-state index contributed by atoms with van der Waals surface area (Å²) in [5.41, 5.74) is 1.61. The fraction of sp³-hybridized carbons (Fsp3) is 0.333. The maximum Gasteiger partial charge on any atom is 0.322 e. The van der Waals surface area contributed by atoms with E-state index in [1.807, 2.05) is 0 Å². The molecule has 0 saturated heterocycles. The van der Waals surface area contributed by atoms with E-state index in [0.29, 0.717) is 0 Å². The third kappa shape index (κ3) is 2.59. The predicted octanol–water partition coefficient (Wildman–Crippen LogP) is 0.351. The largest absolute Gasteiger partial charge is 0.480 e. The molecular weight excluding hydrogens is 268 g/mol. The molecule has 100 valence electrons. The van der Waals surface area contributed by atoms with Gasteiger partial charge in [0.2, 0.25) is 10.0 Å². The van der Waals surface area contributed by atoms with Gasteiger partial charge in [0.25, 0.3) is 0 Å². The van der Waals surface area contributed by atoms with Crippen molar-refractivity contribution in [3.05, 3.63) is 35.4 Å². The van der Waals surface area contributed by atoms with E-state index in [1.54, 1.807) is 30.3 Å². The second-order valence-corrected chi connectivity index (χ2v) is 6.21. The van der Waals surface area contributed by atoms with Gasteiger partial charge in [-0.1, -0.05) is 24.3 Å². The van der Waals surface area contributed by atoms with Crippen LogP contribution in [0.15, 0.2) is 24.3 Å². The van der Waals surface area contributed by atoms with Crippen LogP contribution in [0, 0.1) is 11.3 Å². The average molecular weight is 280 g/mol. The van der Waals surface area contributed by atoms with Crippen molar-refractivity contribution in [1.82, 2.24) is 4.31 Å². The first-order valence-electron chi connectivity index (χ1n) is 5.62. The van der Waals surface area contributed by atoms with Crippen LogP contribution in [-0.4, -0.2) is 35.6 Å². The molecular formula is C12H12N2O4S. The monoisotopic (exact) mass is 280 g/mol. The fourth-order valence-corrected chi connectivity index (χ4v) is 3.38. The molecule has 0 aliphatic carbocycles. The summed E-state index contributed by atoms with van der Waals surface area (Å²) < 4.78 is 24.8. The molecule has 0 aromatic heterocycles. The van der Waals surface area contributed by atoms with Gasteiger partial charge < -0.3 is 5.11 Å². The van der Waals surface area contributed by atoms with Crippen LogP contribution in [0.5, 0.6) is 0 Å². The summed E-state index contributed by atoms with van der Waals surface area (Å²) in [5.74, 6) is -1.91. The van der Waals surface area contributed by atoms with Crippen molar-refractivity contribution in [3.63, 3.8) is 0 Å². The molecule has 0 unspecified atom stereocenters. The van der Waals surface area contributed by atoms with Crippen LogP contribution >= 0.6 is 0 Å². The van der Waals surface area contributed by atoms with E-state index in [0.717, 1.165) is 15.4 Å². The molecule has 6 nitrogen and oxygen atoms in total. The van der Waals surface area contributed by atoms with Crippen LogP contribution in [-0.2, 0) is 27.8 Å². The van der Waals surface area contributed by atoms with E-state index in [9.17, 15) is 18.3 Å². The first-order valence-corrected chi connectivity index (χ1v) is 7.22. The summed E-state index contributed by atoms with van der Waals surface area (Å²) >= 11 is 0. The normalized spacial score (nSPS) is 19.4. The lowest BCUT2D eigenvalue weighted by molar-refractivity contribution is -0.141. The number of carboxylic acids is 1. The smallest absolute Gasteiger partial charge is 0.322 e. The summed E-state index contributed by atoms with van der Waals surface area (Å²) in [6.07, 6.45) is 0.121. The van der Waals surface area contributed by atoms with Gasteiger partial charge in [0, 0.05) is 13.0 Å². The molecule has 1 aliphatic heterocycles. The fourth-order valence-electron chi connectivity index (χ4n) is 2.17. The highest BCUT2D eigenvalue weighted by Gasteiger charge is 2.38. The van der Waals surface area contributed by atoms with Gasteiger partial charge in [-0.25, -0.2) is 8.42 Å². The summed E-state index contributed by atoms with van der Waals surface area (Å²) in [7, 11) is -3.88. The maximum atomic E-state index is 12.0. The first kappa shape index (κ1) is 13.5. The summed E-state index contributed by atoms with van der Waals surface area (Å²) in [6, 6.07) is 7.54. The van der Waals surface area contributed by atoms with Gasteiger partial charge in [0.15, 0.2) is 5.75 Å². The number of fused-ring (bicyclic) bond motifs is 1. The molecule has 1 aromatic rings. The lowest BCUT2D eigenvalue weighted by Crippen LogP contribution is -2.49. The number of hydrogen-bond acceptors (Lipinski definition) is 4. The Bertz CT molecular complexity index is 648. The van der Waals surface area contributed by atoms with Crippen molar-refractivity contribution >= 4 is 16.0 Å². The molecule has 0 radical (unpaired) electrons. The van der Waals surface area contributed by atoms with Crippen LogP contribution in [0.3, 0.4) is 0 Å². The molecule has 1 aliphatic rings. The standard InChI is InChI=1S/C12H12N2O4S/c13-5-6-19(17,18)14-8-10-4-2-1-3-9(10)7-11(14)12(15)16/h1-4,11H,6-8H2,(H,15,16)/t11-/m0/s1. The molecule has 19 heavy (non-hydrogen) atoms. The predicted molar refractivity (Wildman–Crippen MR) is 66.5 cm³/mol. The number of hydrogen-bond donors (Lipinski definition) is 1. The topological polar surface area (TPSA) is 98.5 Å². The van der Waals surface area contributed by atoms with E-state index >= 15 is 0 Å². The van der Waals surface area contributed by atoms with Crippen molar-refractivity contribution in [1.29, 1.82) is 5.26 Å². The number of sulfonamides is 1. The number of carbonyl (C=O) groups is 1. The number of benzene rings is 1. The molecule has 1 aromatic carbocycles. The van der Waals surface area contributed by atoms with Gasteiger partial charge in [-0.2, -0.15) is 9.57 Å². The molecule has 0 bridgehead atoms. The summed E-state index contributed by atoms with van der Waals surface area (Å²) in [6.45, 7) is -0.00282. The summed E-state index contributed by atoms with van der Waals surface area (Å²) in [4.78, 5) is 11.2. The molecule has 1 N–H and O–H groups in total. The number of carboxylic acid groups (broad SMARTS) is 1. The van der Waals surface area contributed by atoms with E-state index < -0.39 is 27.8 Å². The molecule has 0 fully saturated rings. The Hall–Kier alpha value is -1.91. The molecule has 1 atom stereocenters. The zero-order chi connectivity index (χ0) is 14.0. The Morgan fingerprint density at radius 1 is 1.42 bits per heavy atom. The highest BCUT2D eigenvalue weighted by Crippen LogP contribution is 2.26. The minimum absolute atomic E-state index is 0.00282. The highest BCUT2D eigenvalue weighted by molar-refractivity contribution is 7.89. The third-order valence-electron chi connectivity index (χ3n) is 3.09. The van der Waals surface area contributed by atoms with Crippen LogP contribution < -0.4 is 0 Å². The number of rotatable bonds is 3. The average Bonchev–Trinajstić information content (AvgIpc) is 2.37. The van der Waals surface area contributed by atoms with E-state index in [2.05, 4.69) is 0 Å². The Morgan fingerprint density at radius 2 is 2.05 bits per heavy atom. The Labute approximate surface area is 110 Å². The quantitative estimate of drug-likeness (QED) is 0.861. The van der Waals surface area contributed by atoms with Crippen LogP contribution in [0.25, 0.3) is 0 Å². The van der Waals surface area contributed by atoms with Gasteiger partial charge in [0.05, 0.1) is 6.07 Å².